The van der Waals surface area contributed by atoms with E-state index in [0.29, 0.717) is 6.04 Å². The molecule has 0 amide bonds. The number of benzene rings is 1. The van der Waals surface area contributed by atoms with Gasteiger partial charge < -0.3 is 4.90 Å². The van der Waals surface area contributed by atoms with Crippen LogP contribution in [0, 0.1) is 0 Å². The molecule has 2 rings (SSSR count). The molecule has 0 saturated carbocycles. The monoisotopic (exact) mass is 217 g/mol. The van der Waals surface area contributed by atoms with Gasteiger partial charge in [-0.1, -0.05) is 36.8 Å². The van der Waals surface area contributed by atoms with Crippen molar-refractivity contribution in [2.24, 2.45) is 0 Å². The van der Waals surface area contributed by atoms with Gasteiger partial charge in [-0.25, -0.2) is 0 Å². The van der Waals surface area contributed by atoms with Crippen molar-refractivity contribution < 1.29 is 0 Å². The molecular weight excluding hydrogens is 194 g/mol. The van der Waals surface area contributed by atoms with Crippen LogP contribution in [-0.2, 0) is 0 Å². The summed E-state index contributed by atoms with van der Waals surface area (Å²) >= 11 is 0. The van der Waals surface area contributed by atoms with Crippen LogP contribution >= 0.6 is 0 Å². The first-order chi connectivity index (χ1) is 7.77. The van der Waals surface area contributed by atoms with Crippen molar-refractivity contribution in [2.45, 2.75) is 45.1 Å². The van der Waals surface area contributed by atoms with Gasteiger partial charge in [-0.05, 0) is 44.7 Å². The van der Waals surface area contributed by atoms with Crippen molar-refractivity contribution >= 4 is 0 Å². The van der Waals surface area contributed by atoms with E-state index in [0.717, 1.165) is 5.92 Å². The summed E-state index contributed by atoms with van der Waals surface area (Å²) in [5.74, 6) is 0.742. The van der Waals surface area contributed by atoms with E-state index in [9.17, 15) is 0 Å². The predicted octanol–water partition coefficient (Wildman–Crippen LogP) is 3.66. The van der Waals surface area contributed by atoms with Crippen LogP contribution in [0.4, 0.5) is 0 Å². The molecule has 1 aromatic rings. The minimum absolute atomic E-state index is 0.685. The molecule has 1 unspecified atom stereocenters. The largest absolute Gasteiger partial charge is 0.300 e. The highest BCUT2D eigenvalue weighted by Crippen LogP contribution is 2.26. The Kier molecular flexibility index (Phi) is 4.00. The average molecular weight is 217 g/mol. The second-order valence-corrected chi connectivity index (χ2v) is 5.19. The molecule has 0 radical (unpaired) electrons. The Morgan fingerprint density at radius 2 is 1.88 bits per heavy atom. The van der Waals surface area contributed by atoms with Crippen LogP contribution in [0.15, 0.2) is 30.3 Å². The van der Waals surface area contributed by atoms with E-state index in [1.165, 1.54) is 37.9 Å². The van der Waals surface area contributed by atoms with E-state index in [1.54, 1.807) is 0 Å². The van der Waals surface area contributed by atoms with Gasteiger partial charge in [0.05, 0.1) is 0 Å². The second kappa shape index (κ2) is 5.49. The van der Waals surface area contributed by atoms with E-state index in [2.05, 4.69) is 49.1 Å². The third-order valence-electron chi connectivity index (χ3n) is 3.70. The predicted molar refractivity (Wildman–Crippen MR) is 69.7 cm³/mol. The lowest BCUT2D eigenvalue weighted by molar-refractivity contribution is 0.221. The maximum atomic E-state index is 2.63. The van der Waals surface area contributed by atoms with E-state index in [-0.39, 0.29) is 0 Å². The van der Waals surface area contributed by atoms with Crippen molar-refractivity contribution in [3.8, 4) is 0 Å². The molecule has 1 heterocycles. The highest BCUT2D eigenvalue weighted by Gasteiger charge is 2.20. The molecule has 1 aliphatic rings. The van der Waals surface area contributed by atoms with Gasteiger partial charge >= 0.3 is 0 Å². The van der Waals surface area contributed by atoms with Crippen LogP contribution in [0.5, 0.6) is 0 Å². The Hall–Kier alpha value is -0.820. The Labute approximate surface area is 99.5 Å². The van der Waals surface area contributed by atoms with Crippen LogP contribution in [0.3, 0.4) is 0 Å². The van der Waals surface area contributed by atoms with Crippen molar-refractivity contribution in [3.05, 3.63) is 35.9 Å². The molecule has 1 fully saturated rings. The van der Waals surface area contributed by atoms with Crippen LogP contribution in [0.2, 0.25) is 0 Å². The van der Waals surface area contributed by atoms with Gasteiger partial charge in [0.2, 0.25) is 0 Å². The Morgan fingerprint density at radius 3 is 2.56 bits per heavy atom. The summed E-state index contributed by atoms with van der Waals surface area (Å²) in [6.45, 7) is 7.14. The molecule has 0 aliphatic carbocycles. The molecule has 0 N–H and O–H groups in total. The molecule has 1 aromatic carbocycles. The molecule has 1 atom stereocenters. The van der Waals surface area contributed by atoms with Crippen LogP contribution < -0.4 is 0 Å². The number of nitrogens with zero attached hydrogens (tertiary/aromatic N) is 1. The molecule has 1 heteroatoms. The zero-order chi connectivity index (χ0) is 11.4. The summed E-state index contributed by atoms with van der Waals surface area (Å²) in [7, 11) is 0. The lowest BCUT2D eigenvalue weighted by atomic mass is 9.94. The van der Waals surface area contributed by atoms with Crippen molar-refractivity contribution in [2.75, 3.05) is 13.1 Å². The first kappa shape index (κ1) is 11.7. The smallest absolute Gasteiger partial charge is 0.00530 e. The quantitative estimate of drug-likeness (QED) is 0.730. The fraction of sp³-hybridized carbons (Fsp3) is 0.600. The Balaban J connectivity index is 2.09. The lowest BCUT2D eigenvalue weighted by Crippen LogP contribution is -2.33. The summed E-state index contributed by atoms with van der Waals surface area (Å²) in [5, 5.41) is 0. The molecule has 1 aliphatic heterocycles. The lowest BCUT2D eigenvalue weighted by Gasteiger charge is -2.28. The summed E-state index contributed by atoms with van der Waals surface area (Å²) in [5.41, 5.74) is 1.52. The fourth-order valence-electron chi connectivity index (χ4n) is 2.64. The van der Waals surface area contributed by atoms with Gasteiger partial charge in [-0.3, -0.25) is 0 Å². The normalized spacial score (nSPS) is 23.3. The zero-order valence-corrected chi connectivity index (χ0v) is 10.5. The van der Waals surface area contributed by atoms with Gasteiger partial charge in [0.25, 0.3) is 0 Å². The van der Waals surface area contributed by atoms with E-state index in [1.807, 2.05) is 0 Å². The third-order valence-corrected chi connectivity index (χ3v) is 3.70. The van der Waals surface area contributed by atoms with Crippen molar-refractivity contribution in [3.63, 3.8) is 0 Å². The number of rotatable bonds is 2. The molecule has 0 bridgehead atoms. The van der Waals surface area contributed by atoms with Gasteiger partial charge in [-0.2, -0.15) is 0 Å². The van der Waals surface area contributed by atoms with Crippen LogP contribution in [0.25, 0.3) is 0 Å². The minimum atomic E-state index is 0.685. The van der Waals surface area contributed by atoms with Crippen molar-refractivity contribution in [1.29, 1.82) is 0 Å². The van der Waals surface area contributed by atoms with Gasteiger partial charge in [-0.15, -0.1) is 0 Å². The first-order valence-corrected chi connectivity index (χ1v) is 6.56. The van der Waals surface area contributed by atoms with E-state index < -0.39 is 0 Å². The summed E-state index contributed by atoms with van der Waals surface area (Å²) in [6.07, 6.45) is 4.09. The fourth-order valence-corrected chi connectivity index (χ4v) is 2.64. The van der Waals surface area contributed by atoms with Gasteiger partial charge in [0.1, 0.15) is 0 Å². The summed E-state index contributed by atoms with van der Waals surface area (Å²) in [6, 6.07) is 11.7. The Bertz CT molecular complexity index is 304. The minimum Gasteiger partial charge on any atom is -0.300 e. The molecule has 1 nitrogen and oxygen atoms in total. The highest BCUT2D eigenvalue weighted by molar-refractivity contribution is 5.20. The average Bonchev–Trinajstić information content (AvgIpc) is 2.56. The molecule has 0 spiro atoms. The maximum Gasteiger partial charge on any atom is 0.00530 e. The van der Waals surface area contributed by atoms with Gasteiger partial charge in [0.15, 0.2) is 0 Å². The Morgan fingerprint density at radius 1 is 1.12 bits per heavy atom. The topological polar surface area (TPSA) is 3.24 Å². The standard InChI is InChI=1S/C15H23N/c1-13(2)16-11-7-6-10-15(12-16)14-8-4-3-5-9-14/h3-5,8-9,13,15H,6-7,10-12H2,1-2H3. The summed E-state index contributed by atoms with van der Waals surface area (Å²) in [4.78, 5) is 2.63. The zero-order valence-electron chi connectivity index (χ0n) is 10.5. The molecular formula is C15H23N. The molecule has 0 aromatic heterocycles. The number of likely N-dealkylation sites (tertiary alicyclic amines) is 1. The number of hydrogen-bond acceptors (Lipinski definition) is 1. The molecule has 88 valence electrons. The SMILES string of the molecule is CC(C)N1CCCCC(c2ccccc2)C1. The van der Waals surface area contributed by atoms with Crippen molar-refractivity contribution in [1.82, 2.24) is 4.90 Å². The third kappa shape index (κ3) is 2.85. The second-order valence-electron chi connectivity index (χ2n) is 5.19. The van der Waals surface area contributed by atoms with Crippen LogP contribution in [0.1, 0.15) is 44.6 Å². The summed E-state index contributed by atoms with van der Waals surface area (Å²) < 4.78 is 0. The van der Waals surface area contributed by atoms with E-state index in [4.69, 9.17) is 0 Å². The maximum absolute atomic E-state index is 2.63. The van der Waals surface area contributed by atoms with Gasteiger partial charge in [0, 0.05) is 12.6 Å². The molecule has 1 saturated heterocycles. The number of hydrogen-bond donors (Lipinski definition) is 0. The molecule has 16 heavy (non-hydrogen) atoms. The highest BCUT2D eigenvalue weighted by atomic mass is 15.1. The van der Waals surface area contributed by atoms with Crippen LogP contribution in [-0.4, -0.2) is 24.0 Å². The van der Waals surface area contributed by atoms with E-state index >= 15 is 0 Å². The first-order valence-electron chi connectivity index (χ1n) is 6.56.